The van der Waals surface area contributed by atoms with Crippen LogP contribution in [0.15, 0.2) is 30.5 Å². The third-order valence-electron chi connectivity index (χ3n) is 3.85. The molecule has 1 saturated carbocycles. The normalized spacial score (nSPS) is 14.7. The van der Waals surface area contributed by atoms with E-state index in [1.165, 1.54) is 23.9 Å². The summed E-state index contributed by atoms with van der Waals surface area (Å²) in [4.78, 5) is 6.97. The van der Waals surface area contributed by atoms with E-state index in [1.807, 2.05) is 12.3 Å². The molecule has 1 fully saturated rings. The maximum atomic E-state index is 5.93. The number of anilines is 1. The Morgan fingerprint density at radius 3 is 2.85 bits per heavy atom. The summed E-state index contributed by atoms with van der Waals surface area (Å²) >= 11 is 0. The molecule has 106 valence electrons. The Bertz CT molecular complexity index is 595. The number of methoxy groups -OCH3 is 1. The molecular formula is C16H21N3O. The molecule has 0 atom stereocenters. The Labute approximate surface area is 119 Å². The smallest absolute Gasteiger partial charge is 0.0723 e. The lowest BCUT2D eigenvalue weighted by atomic mass is 10.1. The van der Waals surface area contributed by atoms with Gasteiger partial charge in [0.25, 0.3) is 0 Å². The summed E-state index contributed by atoms with van der Waals surface area (Å²) in [6.45, 7) is 2.16. The SMILES string of the molecule is COCCN(c1c(CN)cnc2ccccc12)C1CC1. The molecule has 0 spiro atoms. The van der Waals surface area contributed by atoms with Crippen LogP contribution in [0.2, 0.25) is 0 Å². The Hall–Kier alpha value is -1.65. The van der Waals surface area contributed by atoms with Crippen molar-refractivity contribution in [2.75, 3.05) is 25.2 Å². The van der Waals surface area contributed by atoms with E-state index in [1.54, 1.807) is 7.11 Å². The highest BCUT2D eigenvalue weighted by Crippen LogP contribution is 2.37. The van der Waals surface area contributed by atoms with Crippen molar-refractivity contribution < 1.29 is 4.74 Å². The van der Waals surface area contributed by atoms with Crippen LogP contribution in [-0.2, 0) is 11.3 Å². The molecule has 0 radical (unpaired) electrons. The van der Waals surface area contributed by atoms with Crippen molar-refractivity contribution in [3.05, 3.63) is 36.0 Å². The van der Waals surface area contributed by atoms with Crippen molar-refractivity contribution in [1.29, 1.82) is 0 Å². The zero-order chi connectivity index (χ0) is 13.9. The molecule has 0 bridgehead atoms. The molecule has 1 aliphatic rings. The molecule has 0 saturated heterocycles. The molecule has 3 rings (SSSR count). The van der Waals surface area contributed by atoms with Gasteiger partial charge < -0.3 is 15.4 Å². The van der Waals surface area contributed by atoms with Gasteiger partial charge in [-0.3, -0.25) is 4.98 Å². The maximum absolute atomic E-state index is 5.93. The van der Waals surface area contributed by atoms with Gasteiger partial charge in [0, 0.05) is 43.4 Å². The lowest BCUT2D eigenvalue weighted by Gasteiger charge is -2.28. The monoisotopic (exact) mass is 271 g/mol. The maximum Gasteiger partial charge on any atom is 0.0723 e. The first-order chi connectivity index (χ1) is 9.85. The van der Waals surface area contributed by atoms with Crippen molar-refractivity contribution in [3.63, 3.8) is 0 Å². The number of nitrogens with zero attached hydrogens (tertiary/aromatic N) is 2. The second kappa shape index (κ2) is 5.77. The fourth-order valence-electron chi connectivity index (χ4n) is 2.71. The number of aromatic nitrogens is 1. The first-order valence-electron chi connectivity index (χ1n) is 7.17. The highest BCUT2D eigenvalue weighted by atomic mass is 16.5. The van der Waals surface area contributed by atoms with Gasteiger partial charge in [-0.2, -0.15) is 0 Å². The highest BCUT2D eigenvalue weighted by molar-refractivity contribution is 5.93. The van der Waals surface area contributed by atoms with E-state index in [0.717, 1.165) is 24.2 Å². The topological polar surface area (TPSA) is 51.4 Å². The molecule has 0 unspecified atom stereocenters. The number of benzene rings is 1. The molecule has 0 amide bonds. The summed E-state index contributed by atoms with van der Waals surface area (Å²) in [5, 5.41) is 1.19. The number of rotatable bonds is 6. The molecule has 4 heteroatoms. The second-order valence-electron chi connectivity index (χ2n) is 5.27. The van der Waals surface area contributed by atoms with Crippen LogP contribution < -0.4 is 10.6 Å². The number of hydrogen-bond acceptors (Lipinski definition) is 4. The van der Waals surface area contributed by atoms with Crippen LogP contribution in [0.25, 0.3) is 10.9 Å². The number of hydrogen-bond donors (Lipinski definition) is 1. The minimum atomic E-state index is 0.517. The summed E-state index contributed by atoms with van der Waals surface area (Å²) in [5.41, 5.74) is 9.33. The van der Waals surface area contributed by atoms with Crippen molar-refractivity contribution in [2.24, 2.45) is 5.73 Å². The molecule has 0 aliphatic heterocycles. The van der Waals surface area contributed by atoms with E-state index in [9.17, 15) is 0 Å². The predicted octanol–water partition coefficient (Wildman–Crippen LogP) is 2.31. The standard InChI is InChI=1S/C16H21N3O/c1-20-9-8-19(13-6-7-13)16-12(10-17)11-18-15-5-3-2-4-14(15)16/h2-5,11,13H,6-10,17H2,1H3. The van der Waals surface area contributed by atoms with Crippen LogP contribution >= 0.6 is 0 Å². The van der Waals surface area contributed by atoms with Gasteiger partial charge in [-0.15, -0.1) is 0 Å². The van der Waals surface area contributed by atoms with Crippen molar-refractivity contribution in [1.82, 2.24) is 4.98 Å². The minimum Gasteiger partial charge on any atom is -0.383 e. The Morgan fingerprint density at radius 1 is 1.35 bits per heavy atom. The van der Waals surface area contributed by atoms with E-state index in [0.29, 0.717) is 12.6 Å². The van der Waals surface area contributed by atoms with Crippen molar-refractivity contribution in [3.8, 4) is 0 Å². The summed E-state index contributed by atoms with van der Waals surface area (Å²) in [5.74, 6) is 0. The molecule has 1 aromatic carbocycles. The number of para-hydroxylation sites is 1. The van der Waals surface area contributed by atoms with E-state index >= 15 is 0 Å². The van der Waals surface area contributed by atoms with Crippen LogP contribution in [0.1, 0.15) is 18.4 Å². The van der Waals surface area contributed by atoms with Gasteiger partial charge >= 0.3 is 0 Å². The third kappa shape index (κ3) is 2.49. The van der Waals surface area contributed by atoms with Gasteiger partial charge in [-0.25, -0.2) is 0 Å². The number of pyridine rings is 1. The fourth-order valence-corrected chi connectivity index (χ4v) is 2.71. The van der Waals surface area contributed by atoms with Gasteiger partial charge in [0.1, 0.15) is 0 Å². The van der Waals surface area contributed by atoms with E-state index in [2.05, 4.69) is 28.1 Å². The molecule has 2 aromatic rings. The Kier molecular flexibility index (Phi) is 3.85. The van der Waals surface area contributed by atoms with Gasteiger partial charge in [0.2, 0.25) is 0 Å². The molecule has 4 nitrogen and oxygen atoms in total. The molecular weight excluding hydrogens is 250 g/mol. The summed E-state index contributed by atoms with van der Waals surface area (Å²) in [6, 6.07) is 8.91. The van der Waals surface area contributed by atoms with E-state index < -0.39 is 0 Å². The molecule has 1 heterocycles. The van der Waals surface area contributed by atoms with E-state index in [-0.39, 0.29) is 0 Å². The fraction of sp³-hybridized carbons (Fsp3) is 0.438. The largest absolute Gasteiger partial charge is 0.383 e. The zero-order valence-corrected chi connectivity index (χ0v) is 11.9. The number of fused-ring (bicyclic) bond motifs is 1. The number of nitrogens with two attached hydrogens (primary N) is 1. The average Bonchev–Trinajstić information content (AvgIpc) is 3.32. The predicted molar refractivity (Wildman–Crippen MR) is 81.9 cm³/mol. The zero-order valence-electron chi connectivity index (χ0n) is 11.9. The molecule has 2 N–H and O–H groups in total. The van der Waals surface area contributed by atoms with Gasteiger partial charge in [-0.05, 0) is 18.9 Å². The van der Waals surface area contributed by atoms with Crippen molar-refractivity contribution in [2.45, 2.75) is 25.4 Å². The average molecular weight is 271 g/mol. The van der Waals surface area contributed by atoms with Crippen LogP contribution in [0, 0.1) is 0 Å². The Morgan fingerprint density at radius 2 is 2.15 bits per heavy atom. The lowest BCUT2D eigenvalue weighted by molar-refractivity contribution is 0.205. The quantitative estimate of drug-likeness (QED) is 0.876. The van der Waals surface area contributed by atoms with E-state index in [4.69, 9.17) is 10.5 Å². The molecule has 1 aliphatic carbocycles. The van der Waals surface area contributed by atoms with Gasteiger partial charge in [0.15, 0.2) is 0 Å². The summed E-state index contributed by atoms with van der Waals surface area (Å²) < 4.78 is 5.27. The third-order valence-corrected chi connectivity index (χ3v) is 3.85. The second-order valence-corrected chi connectivity index (χ2v) is 5.27. The molecule has 1 aromatic heterocycles. The van der Waals surface area contributed by atoms with Gasteiger partial charge in [0.05, 0.1) is 17.8 Å². The summed E-state index contributed by atoms with van der Waals surface area (Å²) in [6.07, 6.45) is 4.43. The minimum absolute atomic E-state index is 0.517. The highest BCUT2D eigenvalue weighted by Gasteiger charge is 2.31. The van der Waals surface area contributed by atoms with Crippen LogP contribution in [0.4, 0.5) is 5.69 Å². The van der Waals surface area contributed by atoms with Gasteiger partial charge in [-0.1, -0.05) is 18.2 Å². The first kappa shape index (κ1) is 13.3. The van der Waals surface area contributed by atoms with Crippen LogP contribution in [0.3, 0.4) is 0 Å². The lowest BCUT2D eigenvalue weighted by Crippen LogP contribution is -2.31. The van der Waals surface area contributed by atoms with Crippen LogP contribution in [-0.4, -0.2) is 31.3 Å². The molecule has 20 heavy (non-hydrogen) atoms. The number of ether oxygens (including phenoxy) is 1. The van der Waals surface area contributed by atoms with Crippen molar-refractivity contribution >= 4 is 16.6 Å². The summed E-state index contributed by atoms with van der Waals surface area (Å²) in [7, 11) is 1.75. The Balaban J connectivity index is 2.10. The first-order valence-corrected chi connectivity index (χ1v) is 7.17. The van der Waals surface area contributed by atoms with Crippen LogP contribution in [0.5, 0.6) is 0 Å².